The Morgan fingerprint density at radius 3 is 2.67 bits per heavy atom. The van der Waals surface area contributed by atoms with Gasteiger partial charge in [0.05, 0.1) is 0 Å². The lowest BCUT2D eigenvalue weighted by Gasteiger charge is -2.31. The maximum atomic E-state index is 5.98. The first-order chi connectivity index (χ1) is 4.22. The molecular weight excluding hydrogens is 154 g/mol. The molecule has 0 aromatic carbocycles. The van der Waals surface area contributed by atoms with Crippen LogP contribution in [0, 0.1) is 0 Å². The molecule has 0 aromatic heterocycles. The van der Waals surface area contributed by atoms with Crippen LogP contribution in [0.15, 0.2) is 12.3 Å². The summed E-state index contributed by atoms with van der Waals surface area (Å²) in [5.74, 6) is 0. The molecule has 0 radical (unpaired) electrons. The van der Waals surface area contributed by atoms with Crippen LogP contribution in [0.25, 0.3) is 0 Å². The Balaban J connectivity index is 2.58. The highest BCUT2D eigenvalue weighted by Crippen LogP contribution is 2.48. The van der Waals surface area contributed by atoms with Crippen molar-refractivity contribution in [2.24, 2.45) is 0 Å². The van der Waals surface area contributed by atoms with Crippen LogP contribution in [0.1, 0.15) is 0 Å². The van der Waals surface area contributed by atoms with E-state index in [9.17, 15) is 0 Å². The SMILES string of the molecule is CN1C=CCN(C)P1Cl. The zero-order valence-corrected chi connectivity index (χ0v) is 7.23. The molecule has 1 aliphatic rings. The van der Waals surface area contributed by atoms with E-state index in [4.69, 9.17) is 11.2 Å². The smallest absolute Gasteiger partial charge is 0.167 e. The third-order valence-corrected chi connectivity index (χ3v) is 4.10. The topological polar surface area (TPSA) is 6.48 Å². The Labute approximate surface area is 61.7 Å². The molecule has 0 aromatic rings. The van der Waals surface area contributed by atoms with Crippen LogP contribution in [0.4, 0.5) is 0 Å². The Bertz CT molecular complexity index is 128. The molecule has 2 nitrogen and oxygen atoms in total. The summed E-state index contributed by atoms with van der Waals surface area (Å²) in [6.45, 7) is 0.972. The minimum absolute atomic E-state index is 0.562. The molecule has 1 aliphatic heterocycles. The molecule has 1 heterocycles. The van der Waals surface area contributed by atoms with E-state index in [0.717, 1.165) is 6.54 Å². The van der Waals surface area contributed by atoms with Gasteiger partial charge in [-0.1, -0.05) is 17.3 Å². The van der Waals surface area contributed by atoms with E-state index in [1.165, 1.54) is 0 Å². The summed E-state index contributed by atoms with van der Waals surface area (Å²) in [5.41, 5.74) is 0. The van der Waals surface area contributed by atoms with Gasteiger partial charge in [0, 0.05) is 19.8 Å². The molecule has 0 amide bonds. The van der Waals surface area contributed by atoms with Crippen molar-refractivity contribution < 1.29 is 0 Å². The number of likely N-dealkylation sites (N-methyl/N-ethyl adjacent to an activating group) is 1. The summed E-state index contributed by atoms with van der Waals surface area (Å²) in [5, 5.41) is 0. The van der Waals surface area contributed by atoms with Crippen LogP contribution in [0.5, 0.6) is 0 Å². The van der Waals surface area contributed by atoms with Crippen molar-refractivity contribution in [2.75, 3.05) is 20.6 Å². The van der Waals surface area contributed by atoms with Gasteiger partial charge in [0.15, 0.2) is 7.58 Å². The standard InChI is InChI=1S/C5H10ClN2P/c1-7-4-3-5-8(2)9(7)6/h3-4H,5H2,1-2H3. The van der Waals surface area contributed by atoms with Crippen LogP contribution in [0.3, 0.4) is 0 Å². The van der Waals surface area contributed by atoms with Gasteiger partial charge in [0.2, 0.25) is 0 Å². The van der Waals surface area contributed by atoms with Crippen molar-refractivity contribution in [1.29, 1.82) is 0 Å². The average Bonchev–Trinajstić information content (AvgIpc) is 1.83. The molecule has 1 atom stereocenters. The second kappa shape index (κ2) is 2.87. The fraction of sp³-hybridized carbons (Fsp3) is 0.600. The van der Waals surface area contributed by atoms with Crippen LogP contribution in [-0.4, -0.2) is 30.0 Å². The van der Waals surface area contributed by atoms with Gasteiger partial charge in [0.25, 0.3) is 0 Å². The highest BCUT2D eigenvalue weighted by Gasteiger charge is 2.16. The van der Waals surface area contributed by atoms with Gasteiger partial charge in [-0.25, -0.2) is 0 Å². The van der Waals surface area contributed by atoms with Crippen LogP contribution < -0.4 is 0 Å². The second-order valence-corrected chi connectivity index (χ2v) is 4.74. The molecule has 52 valence electrons. The minimum atomic E-state index is -0.562. The quantitative estimate of drug-likeness (QED) is 0.504. The van der Waals surface area contributed by atoms with Crippen LogP contribution >= 0.6 is 18.8 Å². The first-order valence-corrected chi connectivity index (χ1v) is 4.93. The van der Waals surface area contributed by atoms with E-state index in [2.05, 4.69) is 10.7 Å². The van der Waals surface area contributed by atoms with E-state index in [-0.39, 0.29) is 0 Å². The number of nitrogens with zero attached hydrogens (tertiary/aromatic N) is 2. The van der Waals surface area contributed by atoms with Gasteiger partial charge in [-0.15, -0.1) is 0 Å². The molecular formula is C5H10ClN2P. The maximum Gasteiger partial charge on any atom is 0.167 e. The number of hydrogen-bond donors (Lipinski definition) is 0. The monoisotopic (exact) mass is 164 g/mol. The number of rotatable bonds is 0. The normalized spacial score (nSPS) is 29.2. The molecule has 1 rings (SSSR count). The van der Waals surface area contributed by atoms with Crippen LogP contribution in [0.2, 0.25) is 0 Å². The largest absolute Gasteiger partial charge is 0.336 e. The van der Waals surface area contributed by atoms with E-state index < -0.39 is 7.58 Å². The summed E-state index contributed by atoms with van der Waals surface area (Å²) in [4.78, 5) is 0. The lowest BCUT2D eigenvalue weighted by Crippen LogP contribution is -2.21. The van der Waals surface area contributed by atoms with E-state index >= 15 is 0 Å². The summed E-state index contributed by atoms with van der Waals surface area (Å²) >= 11 is 5.98. The van der Waals surface area contributed by atoms with Crippen molar-refractivity contribution in [3.63, 3.8) is 0 Å². The van der Waals surface area contributed by atoms with Crippen molar-refractivity contribution >= 4 is 18.8 Å². The van der Waals surface area contributed by atoms with Gasteiger partial charge < -0.3 is 4.67 Å². The molecule has 9 heavy (non-hydrogen) atoms. The van der Waals surface area contributed by atoms with Gasteiger partial charge in [-0.2, -0.15) is 0 Å². The second-order valence-electron chi connectivity index (χ2n) is 2.04. The lowest BCUT2D eigenvalue weighted by atomic mass is 10.6. The summed E-state index contributed by atoms with van der Waals surface area (Å²) in [6.07, 6.45) is 4.12. The number of halogens is 1. The van der Waals surface area contributed by atoms with E-state index in [1.807, 2.05) is 25.0 Å². The van der Waals surface area contributed by atoms with Crippen molar-refractivity contribution in [1.82, 2.24) is 9.34 Å². The van der Waals surface area contributed by atoms with Crippen LogP contribution in [-0.2, 0) is 0 Å². The molecule has 0 saturated carbocycles. The van der Waals surface area contributed by atoms with Gasteiger partial charge in [-0.3, -0.25) is 4.67 Å². The zero-order valence-electron chi connectivity index (χ0n) is 5.58. The molecule has 0 aliphatic carbocycles. The Hall–Kier alpha value is 0.220. The fourth-order valence-corrected chi connectivity index (χ4v) is 1.97. The Morgan fingerprint density at radius 1 is 1.56 bits per heavy atom. The molecule has 0 bridgehead atoms. The first-order valence-electron chi connectivity index (χ1n) is 2.78. The number of hydrogen-bond acceptors (Lipinski definition) is 2. The maximum absolute atomic E-state index is 5.98. The third kappa shape index (κ3) is 1.57. The summed E-state index contributed by atoms with van der Waals surface area (Å²) in [6, 6.07) is 0. The highest BCUT2D eigenvalue weighted by molar-refractivity contribution is 7.80. The summed E-state index contributed by atoms with van der Waals surface area (Å²) < 4.78 is 4.15. The lowest BCUT2D eigenvalue weighted by molar-refractivity contribution is 0.547. The predicted molar refractivity (Wildman–Crippen MR) is 42.3 cm³/mol. The fourth-order valence-electron chi connectivity index (χ4n) is 0.715. The Morgan fingerprint density at radius 2 is 2.22 bits per heavy atom. The molecule has 0 spiro atoms. The van der Waals surface area contributed by atoms with Gasteiger partial charge >= 0.3 is 0 Å². The van der Waals surface area contributed by atoms with Crippen molar-refractivity contribution in [3.8, 4) is 0 Å². The van der Waals surface area contributed by atoms with Crippen molar-refractivity contribution in [2.45, 2.75) is 0 Å². The van der Waals surface area contributed by atoms with E-state index in [0.29, 0.717) is 0 Å². The average molecular weight is 165 g/mol. The summed E-state index contributed by atoms with van der Waals surface area (Å²) in [7, 11) is 3.46. The molecule has 0 saturated heterocycles. The molecule has 4 heteroatoms. The molecule has 1 unspecified atom stereocenters. The van der Waals surface area contributed by atoms with Gasteiger partial charge in [-0.05, 0) is 7.05 Å². The molecule has 0 N–H and O–H groups in total. The highest BCUT2D eigenvalue weighted by atomic mass is 35.7. The molecule has 0 fully saturated rings. The zero-order chi connectivity index (χ0) is 6.85. The first kappa shape index (κ1) is 7.33. The Kier molecular flexibility index (Phi) is 2.34. The predicted octanol–water partition coefficient (Wildman–Crippen LogP) is 1.84. The van der Waals surface area contributed by atoms with E-state index in [1.54, 1.807) is 0 Å². The minimum Gasteiger partial charge on any atom is -0.336 e. The van der Waals surface area contributed by atoms with Crippen molar-refractivity contribution in [3.05, 3.63) is 12.3 Å². The third-order valence-electron chi connectivity index (χ3n) is 1.23. The van der Waals surface area contributed by atoms with Gasteiger partial charge in [0.1, 0.15) is 0 Å².